The first-order valence-electron chi connectivity index (χ1n) is 6.94. The first kappa shape index (κ1) is 15.9. The van der Waals surface area contributed by atoms with Crippen molar-refractivity contribution in [3.05, 3.63) is 47.9 Å². The molecule has 0 N–H and O–H groups in total. The molecule has 4 rings (SSSR count). The molecule has 24 heavy (non-hydrogen) atoms. The standard InChI is InChI=1S/C16H12N2O2.O3S/c1-9-3-5-11(6-4-9)16-18-13-7-12-14(8-15(13)20-16)19-10(2)17-12;1-4(2)3/h3-8H,1-2H3;. The molecule has 0 aliphatic rings. The Labute approximate surface area is 138 Å². The molecule has 0 spiro atoms. The van der Waals surface area contributed by atoms with E-state index in [1.54, 1.807) is 0 Å². The number of aryl methyl sites for hydroxylation is 2. The van der Waals surface area contributed by atoms with Gasteiger partial charge >= 0.3 is 10.6 Å². The van der Waals surface area contributed by atoms with E-state index in [0.29, 0.717) is 17.4 Å². The average Bonchev–Trinajstić information content (AvgIpc) is 3.06. The maximum Gasteiger partial charge on any atom is 0.425 e. The van der Waals surface area contributed by atoms with Crippen LogP contribution in [0.1, 0.15) is 11.5 Å². The van der Waals surface area contributed by atoms with Crippen molar-refractivity contribution in [2.45, 2.75) is 13.8 Å². The maximum atomic E-state index is 8.44. The monoisotopic (exact) mass is 344 g/mol. The van der Waals surface area contributed by atoms with Crippen molar-refractivity contribution in [2.24, 2.45) is 0 Å². The molecule has 0 atom stereocenters. The third-order valence-electron chi connectivity index (χ3n) is 3.30. The molecule has 0 radical (unpaired) electrons. The molecule has 4 aromatic rings. The summed E-state index contributed by atoms with van der Waals surface area (Å²) >= 11 is 0. The van der Waals surface area contributed by atoms with Gasteiger partial charge in [-0.3, -0.25) is 0 Å². The van der Waals surface area contributed by atoms with Gasteiger partial charge in [-0.25, -0.2) is 9.97 Å². The highest BCUT2D eigenvalue weighted by Crippen LogP contribution is 2.28. The predicted molar refractivity (Wildman–Crippen MR) is 86.2 cm³/mol. The number of rotatable bonds is 1. The van der Waals surface area contributed by atoms with Gasteiger partial charge in [0, 0.05) is 18.6 Å². The van der Waals surface area contributed by atoms with Gasteiger partial charge in [0.25, 0.3) is 0 Å². The fourth-order valence-corrected chi connectivity index (χ4v) is 2.28. The Morgan fingerprint density at radius 3 is 2.08 bits per heavy atom. The van der Waals surface area contributed by atoms with Crippen LogP contribution in [0.25, 0.3) is 33.7 Å². The van der Waals surface area contributed by atoms with Crippen molar-refractivity contribution in [1.82, 2.24) is 9.97 Å². The van der Waals surface area contributed by atoms with Gasteiger partial charge in [0.2, 0.25) is 5.89 Å². The van der Waals surface area contributed by atoms with Crippen molar-refractivity contribution < 1.29 is 21.5 Å². The van der Waals surface area contributed by atoms with Crippen molar-refractivity contribution >= 4 is 32.8 Å². The Kier molecular flexibility index (Phi) is 4.13. The number of hydrogen-bond donors (Lipinski definition) is 0. The number of nitrogens with zero attached hydrogens (tertiary/aromatic N) is 2. The van der Waals surface area contributed by atoms with E-state index in [9.17, 15) is 0 Å². The second-order valence-electron chi connectivity index (χ2n) is 5.11. The van der Waals surface area contributed by atoms with E-state index in [4.69, 9.17) is 21.5 Å². The summed E-state index contributed by atoms with van der Waals surface area (Å²) in [5.41, 5.74) is 5.21. The Hall–Kier alpha value is -3.00. The number of aromatic nitrogens is 2. The first-order valence-corrected chi connectivity index (χ1v) is 7.94. The lowest BCUT2D eigenvalue weighted by atomic mass is 10.1. The molecule has 0 bridgehead atoms. The van der Waals surface area contributed by atoms with Crippen molar-refractivity contribution in [3.63, 3.8) is 0 Å². The van der Waals surface area contributed by atoms with Gasteiger partial charge in [0.1, 0.15) is 11.0 Å². The highest BCUT2D eigenvalue weighted by molar-refractivity contribution is 7.59. The van der Waals surface area contributed by atoms with E-state index < -0.39 is 10.6 Å². The van der Waals surface area contributed by atoms with Crippen LogP contribution in [-0.2, 0) is 10.6 Å². The Morgan fingerprint density at radius 1 is 0.833 bits per heavy atom. The molecule has 7 nitrogen and oxygen atoms in total. The van der Waals surface area contributed by atoms with Crippen LogP contribution in [0.2, 0.25) is 0 Å². The molecule has 0 aliphatic heterocycles. The van der Waals surface area contributed by atoms with Gasteiger partial charge in [-0.2, -0.15) is 0 Å². The first-order chi connectivity index (χ1) is 11.4. The zero-order valence-corrected chi connectivity index (χ0v) is 13.6. The summed E-state index contributed by atoms with van der Waals surface area (Å²) in [5.74, 6) is 1.26. The van der Waals surface area contributed by atoms with Gasteiger partial charge in [-0.05, 0) is 25.1 Å². The number of oxazole rings is 2. The summed E-state index contributed by atoms with van der Waals surface area (Å²) in [5, 5.41) is 0. The Morgan fingerprint density at radius 2 is 1.42 bits per heavy atom. The van der Waals surface area contributed by atoms with E-state index in [-0.39, 0.29) is 0 Å². The Bertz CT molecular complexity index is 1070. The number of fused-ring (bicyclic) bond motifs is 2. The van der Waals surface area contributed by atoms with E-state index in [2.05, 4.69) is 16.9 Å². The lowest BCUT2D eigenvalue weighted by molar-refractivity contribution is 0.558. The van der Waals surface area contributed by atoms with Crippen LogP contribution in [0.15, 0.2) is 45.2 Å². The fraction of sp³-hybridized carbons (Fsp3) is 0.125. The van der Waals surface area contributed by atoms with Gasteiger partial charge in [0.15, 0.2) is 17.1 Å². The second-order valence-corrected chi connectivity index (χ2v) is 5.52. The molecule has 0 saturated heterocycles. The summed E-state index contributed by atoms with van der Waals surface area (Å²) in [6, 6.07) is 11.8. The highest BCUT2D eigenvalue weighted by Gasteiger charge is 2.11. The minimum atomic E-state index is -3.11. The van der Waals surface area contributed by atoms with Crippen LogP contribution in [0.4, 0.5) is 0 Å². The van der Waals surface area contributed by atoms with Gasteiger partial charge < -0.3 is 8.83 Å². The molecule has 8 heteroatoms. The third kappa shape index (κ3) is 3.33. The van der Waals surface area contributed by atoms with E-state index in [0.717, 1.165) is 22.2 Å². The van der Waals surface area contributed by atoms with Crippen LogP contribution < -0.4 is 0 Å². The normalized spacial score (nSPS) is 10.6. The molecule has 122 valence electrons. The molecule has 0 amide bonds. The maximum absolute atomic E-state index is 8.44. The summed E-state index contributed by atoms with van der Waals surface area (Å²) in [4.78, 5) is 8.83. The van der Waals surface area contributed by atoms with Crippen molar-refractivity contribution in [3.8, 4) is 11.5 Å². The summed E-state index contributed by atoms with van der Waals surface area (Å²) in [7, 11) is -3.11. The van der Waals surface area contributed by atoms with Crippen molar-refractivity contribution in [1.29, 1.82) is 0 Å². The molecule has 2 aromatic heterocycles. The molecular weight excluding hydrogens is 332 g/mol. The topological polar surface area (TPSA) is 103 Å². The summed E-state index contributed by atoms with van der Waals surface area (Å²) < 4.78 is 36.7. The quantitative estimate of drug-likeness (QED) is 0.522. The van der Waals surface area contributed by atoms with Gasteiger partial charge in [-0.1, -0.05) is 17.7 Å². The van der Waals surface area contributed by atoms with E-state index in [1.807, 2.05) is 43.3 Å². The zero-order chi connectivity index (χ0) is 17.3. The molecule has 2 aromatic carbocycles. The molecular formula is C16H12N2O5S. The predicted octanol–water partition coefficient (Wildman–Crippen LogP) is 3.25. The minimum absolute atomic E-state index is 0.615. The van der Waals surface area contributed by atoms with E-state index in [1.165, 1.54) is 5.56 Å². The van der Waals surface area contributed by atoms with E-state index >= 15 is 0 Å². The Balaban J connectivity index is 0.000000383. The van der Waals surface area contributed by atoms with Crippen LogP contribution in [-0.4, -0.2) is 22.6 Å². The van der Waals surface area contributed by atoms with Crippen LogP contribution in [0.3, 0.4) is 0 Å². The lowest BCUT2D eigenvalue weighted by Crippen LogP contribution is -1.77. The molecule has 0 fully saturated rings. The molecule has 2 heterocycles. The largest absolute Gasteiger partial charge is 0.441 e. The second kappa shape index (κ2) is 6.25. The van der Waals surface area contributed by atoms with Crippen molar-refractivity contribution in [2.75, 3.05) is 0 Å². The average molecular weight is 344 g/mol. The SMILES string of the molecule is Cc1ccc(-c2nc3cc4nc(C)oc4cc3o2)cc1.O=S(=O)=O. The van der Waals surface area contributed by atoms with Crippen LogP contribution >= 0.6 is 0 Å². The van der Waals surface area contributed by atoms with Crippen LogP contribution in [0, 0.1) is 13.8 Å². The third-order valence-corrected chi connectivity index (χ3v) is 3.30. The fourth-order valence-electron chi connectivity index (χ4n) is 2.28. The number of hydrogen-bond acceptors (Lipinski definition) is 7. The molecule has 0 aliphatic carbocycles. The highest BCUT2D eigenvalue weighted by atomic mass is 32.2. The summed E-state index contributed by atoms with van der Waals surface area (Å²) in [6.07, 6.45) is 0. The van der Waals surface area contributed by atoms with Crippen LogP contribution in [0.5, 0.6) is 0 Å². The van der Waals surface area contributed by atoms with Gasteiger partial charge in [-0.15, -0.1) is 12.6 Å². The lowest BCUT2D eigenvalue weighted by Gasteiger charge is -1.95. The summed E-state index contributed by atoms with van der Waals surface area (Å²) in [6.45, 7) is 3.88. The zero-order valence-electron chi connectivity index (χ0n) is 12.8. The number of benzene rings is 2. The minimum Gasteiger partial charge on any atom is -0.441 e. The smallest absolute Gasteiger partial charge is 0.425 e. The van der Waals surface area contributed by atoms with Gasteiger partial charge in [0.05, 0.1) is 0 Å². The molecule has 0 unspecified atom stereocenters. The molecule has 0 saturated carbocycles.